The van der Waals surface area contributed by atoms with Crippen LogP contribution in [0.3, 0.4) is 0 Å². The fourth-order valence-corrected chi connectivity index (χ4v) is 3.44. The van der Waals surface area contributed by atoms with Gasteiger partial charge in [-0.15, -0.1) is 11.3 Å². The third-order valence-electron chi connectivity index (χ3n) is 3.96. The topological polar surface area (TPSA) is 68.3 Å². The molecule has 1 amide bonds. The number of nitrogens with one attached hydrogen (secondary N) is 1. The molecule has 0 aliphatic heterocycles. The number of esters is 1. The van der Waals surface area contributed by atoms with Crippen molar-refractivity contribution in [2.45, 2.75) is 57.6 Å². The van der Waals surface area contributed by atoms with Gasteiger partial charge in [-0.2, -0.15) is 0 Å². The van der Waals surface area contributed by atoms with Crippen LogP contribution in [0.25, 0.3) is 10.2 Å². The average molecular weight is 346 g/mol. The smallest absolute Gasteiger partial charge is 0.306 e. The van der Waals surface area contributed by atoms with Gasteiger partial charge in [-0.3, -0.25) is 9.59 Å². The largest absolute Gasteiger partial charge is 0.453 e. The van der Waals surface area contributed by atoms with Crippen LogP contribution >= 0.6 is 11.3 Å². The number of thiazole rings is 1. The normalized spacial score (nSPS) is 15.2. The average Bonchev–Trinajstić information content (AvgIpc) is 3.27. The number of ether oxygens (including phenoxy) is 1. The van der Waals surface area contributed by atoms with Gasteiger partial charge in [0.15, 0.2) is 6.10 Å². The molecule has 24 heavy (non-hydrogen) atoms. The number of amides is 1. The summed E-state index contributed by atoms with van der Waals surface area (Å²) >= 11 is 1.70. The molecule has 0 spiro atoms. The first kappa shape index (κ1) is 16.9. The molecule has 1 heterocycles. The summed E-state index contributed by atoms with van der Waals surface area (Å²) in [5, 5.41) is 3.94. The zero-order valence-electron chi connectivity index (χ0n) is 13.8. The van der Waals surface area contributed by atoms with Gasteiger partial charge in [0.1, 0.15) is 0 Å². The third kappa shape index (κ3) is 4.77. The highest BCUT2D eigenvalue weighted by Crippen LogP contribution is 2.23. The zero-order chi connectivity index (χ0) is 16.9. The van der Waals surface area contributed by atoms with Crippen LogP contribution in [-0.2, 0) is 20.7 Å². The second-order valence-corrected chi connectivity index (χ2v) is 7.31. The van der Waals surface area contributed by atoms with Crippen molar-refractivity contribution in [1.82, 2.24) is 10.3 Å². The second-order valence-electron chi connectivity index (χ2n) is 6.20. The van der Waals surface area contributed by atoms with E-state index in [-0.39, 0.29) is 17.9 Å². The molecule has 1 aromatic heterocycles. The van der Waals surface area contributed by atoms with E-state index < -0.39 is 6.10 Å². The van der Waals surface area contributed by atoms with Gasteiger partial charge in [0.05, 0.1) is 15.2 Å². The van der Waals surface area contributed by atoms with Gasteiger partial charge in [-0.1, -0.05) is 12.1 Å². The van der Waals surface area contributed by atoms with E-state index >= 15 is 0 Å². The quantitative estimate of drug-likeness (QED) is 0.589. The van der Waals surface area contributed by atoms with E-state index in [4.69, 9.17) is 4.74 Å². The molecule has 0 bridgehead atoms. The summed E-state index contributed by atoms with van der Waals surface area (Å²) in [7, 11) is 0. The number of rotatable bonds is 8. The van der Waals surface area contributed by atoms with Crippen molar-refractivity contribution in [2.75, 3.05) is 0 Å². The fourth-order valence-electron chi connectivity index (χ4n) is 2.43. The number of hydrogen-bond donors (Lipinski definition) is 1. The Morgan fingerprint density at radius 1 is 1.33 bits per heavy atom. The van der Waals surface area contributed by atoms with E-state index in [2.05, 4.69) is 16.4 Å². The number of aryl methyl sites for hydroxylation is 1. The third-order valence-corrected chi connectivity index (χ3v) is 5.06. The van der Waals surface area contributed by atoms with Gasteiger partial charge in [0, 0.05) is 12.5 Å². The number of unbranched alkanes of at least 4 members (excludes halogenated alkanes) is 1. The Balaban J connectivity index is 1.34. The molecule has 0 unspecified atom stereocenters. The Morgan fingerprint density at radius 3 is 2.88 bits per heavy atom. The number of nitrogens with zero attached hydrogens (tertiary/aromatic N) is 1. The monoisotopic (exact) mass is 346 g/mol. The minimum atomic E-state index is -0.706. The molecule has 1 aromatic carbocycles. The number of aromatic nitrogens is 1. The van der Waals surface area contributed by atoms with Gasteiger partial charge in [0.25, 0.3) is 5.91 Å². The lowest BCUT2D eigenvalue weighted by atomic mass is 10.2. The van der Waals surface area contributed by atoms with E-state index in [1.807, 2.05) is 18.2 Å². The predicted molar refractivity (Wildman–Crippen MR) is 93.9 cm³/mol. The number of carbonyl (C=O) groups is 2. The summed E-state index contributed by atoms with van der Waals surface area (Å²) < 4.78 is 6.37. The number of para-hydroxylation sites is 1. The van der Waals surface area contributed by atoms with Gasteiger partial charge < -0.3 is 10.1 Å². The molecule has 1 aliphatic carbocycles. The molecular formula is C18H22N2O3S. The Labute approximate surface area is 145 Å². The molecule has 0 saturated heterocycles. The first-order valence-corrected chi connectivity index (χ1v) is 9.28. The van der Waals surface area contributed by atoms with Crippen LogP contribution in [0.15, 0.2) is 24.3 Å². The Morgan fingerprint density at radius 2 is 2.12 bits per heavy atom. The van der Waals surface area contributed by atoms with Crippen molar-refractivity contribution in [3.05, 3.63) is 29.3 Å². The van der Waals surface area contributed by atoms with Crippen LogP contribution in [0.2, 0.25) is 0 Å². The van der Waals surface area contributed by atoms with Gasteiger partial charge in [-0.05, 0) is 51.2 Å². The Hall–Kier alpha value is -1.95. The molecule has 3 rings (SSSR count). The summed E-state index contributed by atoms with van der Waals surface area (Å²) in [5.74, 6) is -0.502. The molecule has 5 nitrogen and oxygen atoms in total. The molecule has 1 fully saturated rings. The Bertz CT molecular complexity index is 691. The van der Waals surface area contributed by atoms with Gasteiger partial charge >= 0.3 is 5.97 Å². The molecule has 2 aromatic rings. The molecule has 1 saturated carbocycles. The standard InChI is InChI=1S/C18H22N2O3S/c1-12(18(22)19-13-10-11-13)23-17(21)9-5-4-8-16-20-14-6-2-3-7-15(14)24-16/h2-3,6-7,12-13H,4-5,8-11H2,1H3,(H,19,22)/t12-/m1/s1. The van der Waals surface area contributed by atoms with Crippen LogP contribution in [0.5, 0.6) is 0 Å². The first-order chi connectivity index (χ1) is 11.6. The highest BCUT2D eigenvalue weighted by atomic mass is 32.1. The lowest BCUT2D eigenvalue weighted by Gasteiger charge is -2.12. The summed E-state index contributed by atoms with van der Waals surface area (Å²) in [5.41, 5.74) is 1.03. The van der Waals surface area contributed by atoms with Crippen LogP contribution in [-0.4, -0.2) is 29.0 Å². The van der Waals surface area contributed by atoms with E-state index in [1.54, 1.807) is 18.3 Å². The van der Waals surface area contributed by atoms with Crippen LogP contribution in [0.4, 0.5) is 0 Å². The van der Waals surface area contributed by atoms with Crippen molar-refractivity contribution in [3.8, 4) is 0 Å². The lowest BCUT2D eigenvalue weighted by Crippen LogP contribution is -2.37. The SMILES string of the molecule is C[C@@H](OC(=O)CCCCc1nc2ccccc2s1)C(=O)NC1CC1. The van der Waals surface area contributed by atoms with Crippen molar-refractivity contribution in [3.63, 3.8) is 0 Å². The Kier molecular flexibility index (Phi) is 5.45. The minimum Gasteiger partial charge on any atom is -0.453 e. The molecule has 1 aliphatic rings. The maximum atomic E-state index is 11.8. The van der Waals surface area contributed by atoms with Gasteiger partial charge in [-0.25, -0.2) is 4.98 Å². The molecule has 0 radical (unpaired) electrons. The van der Waals surface area contributed by atoms with Crippen LogP contribution in [0.1, 0.15) is 44.0 Å². The molecule has 1 atom stereocenters. The summed E-state index contributed by atoms with van der Waals surface area (Å²) in [6.07, 6.45) is 4.18. The zero-order valence-corrected chi connectivity index (χ0v) is 14.6. The summed E-state index contributed by atoms with van der Waals surface area (Å²) in [6, 6.07) is 8.37. The fraction of sp³-hybridized carbons (Fsp3) is 0.500. The highest BCUT2D eigenvalue weighted by molar-refractivity contribution is 7.18. The van der Waals surface area contributed by atoms with Crippen molar-refractivity contribution >= 4 is 33.4 Å². The maximum absolute atomic E-state index is 11.8. The molecule has 128 valence electrons. The molecular weight excluding hydrogens is 324 g/mol. The number of carbonyl (C=O) groups excluding carboxylic acids is 2. The van der Waals surface area contributed by atoms with Crippen LogP contribution in [0, 0.1) is 0 Å². The van der Waals surface area contributed by atoms with E-state index in [0.29, 0.717) is 6.42 Å². The van der Waals surface area contributed by atoms with Gasteiger partial charge in [0.2, 0.25) is 0 Å². The van der Waals surface area contributed by atoms with E-state index in [0.717, 1.165) is 42.6 Å². The van der Waals surface area contributed by atoms with Crippen LogP contribution < -0.4 is 5.32 Å². The summed E-state index contributed by atoms with van der Waals surface area (Å²) in [4.78, 5) is 28.1. The molecule has 1 N–H and O–H groups in total. The molecule has 6 heteroatoms. The van der Waals surface area contributed by atoms with E-state index in [1.165, 1.54) is 4.70 Å². The predicted octanol–water partition coefficient (Wildman–Crippen LogP) is 3.22. The van der Waals surface area contributed by atoms with Crippen molar-refractivity contribution in [1.29, 1.82) is 0 Å². The number of benzene rings is 1. The van der Waals surface area contributed by atoms with E-state index in [9.17, 15) is 9.59 Å². The number of hydrogen-bond acceptors (Lipinski definition) is 5. The summed E-state index contributed by atoms with van der Waals surface area (Å²) in [6.45, 7) is 1.62. The first-order valence-electron chi connectivity index (χ1n) is 8.46. The highest BCUT2D eigenvalue weighted by Gasteiger charge is 2.27. The maximum Gasteiger partial charge on any atom is 0.306 e. The number of fused-ring (bicyclic) bond motifs is 1. The lowest BCUT2D eigenvalue weighted by molar-refractivity contribution is -0.155. The second kappa shape index (κ2) is 7.75. The van der Waals surface area contributed by atoms with Crippen molar-refractivity contribution < 1.29 is 14.3 Å². The minimum absolute atomic E-state index is 0.194. The van der Waals surface area contributed by atoms with Crippen molar-refractivity contribution in [2.24, 2.45) is 0 Å².